The third-order valence-electron chi connectivity index (χ3n) is 6.27. The quantitative estimate of drug-likeness (QED) is 0.313. The minimum Gasteiger partial charge on any atom is -0.493 e. The van der Waals surface area contributed by atoms with E-state index in [1.165, 1.54) is 25.9 Å². The van der Waals surface area contributed by atoms with Crippen LogP contribution in [0.4, 0.5) is 5.69 Å². The number of hydrogen-bond donors (Lipinski definition) is 1. The van der Waals surface area contributed by atoms with Gasteiger partial charge in [0.25, 0.3) is 0 Å². The summed E-state index contributed by atoms with van der Waals surface area (Å²) in [5.74, 6) is 0.860. The Hall–Kier alpha value is -3.01. The van der Waals surface area contributed by atoms with Crippen LogP contribution < -0.4 is 10.1 Å². The summed E-state index contributed by atoms with van der Waals surface area (Å²) < 4.78 is 13.7. The average Bonchev–Trinajstić information content (AvgIpc) is 3.47. The smallest absolute Gasteiger partial charge is 0.121 e. The van der Waals surface area contributed by atoms with Crippen LogP contribution in [0, 0.1) is 11.3 Å². The highest BCUT2D eigenvalue weighted by Gasteiger charge is 2.19. The zero-order chi connectivity index (χ0) is 23.0. The van der Waals surface area contributed by atoms with Crippen molar-refractivity contribution in [2.75, 3.05) is 44.9 Å². The van der Waals surface area contributed by atoms with Gasteiger partial charge in [-0.3, -0.25) is 0 Å². The lowest BCUT2D eigenvalue weighted by molar-refractivity contribution is 0.167. The molecular weight excluding hydrogens is 412 g/mol. The fourth-order valence-corrected chi connectivity index (χ4v) is 4.66. The van der Waals surface area contributed by atoms with E-state index in [0.717, 1.165) is 53.1 Å². The number of likely N-dealkylation sites (tertiary alicyclic amines) is 1. The monoisotopic (exact) mass is 446 g/mol. The van der Waals surface area contributed by atoms with Crippen LogP contribution in [0.3, 0.4) is 0 Å². The Bertz CT molecular complexity index is 1110. The van der Waals surface area contributed by atoms with Gasteiger partial charge in [-0.1, -0.05) is 12.1 Å². The molecule has 33 heavy (non-hydrogen) atoms. The maximum absolute atomic E-state index is 10.0. The predicted octanol–water partition coefficient (Wildman–Crippen LogP) is 5.47. The van der Waals surface area contributed by atoms with Gasteiger partial charge in [-0.15, -0.1) is 0 Å². The number of fused-ring (bicyclic) bond motifs is 1. The van der Waals surface area contributed by atoms with Gasteiger partial charge in [-0.2, -0.15) is 5.26 Å². The number of rotatable bonds is 11. The average molecular weight is 447 g/mol. The topological polar surface area (TPSA) is 62.5 Å². The van der Waals surface area contributed by atoms with Gasteiger partial charge in [-0.05, 0) is 70.5 Å². The van der Waals surface area contributed by atoms with E-state index < -0.39 is 0 Å². The van der Waals surface area contributed by atoms with Crippen molar-refractivity contribution in [3.63, 3.8) is 0 Å². The molecule has 4 rings (SSSR count). The van der Waals surface area contributed by atoms with Crippen LogP contribution in [0.5, 0.6) is 5.75 Å². The van der Waals surface area contributed by atoms with E-state index in [2.05, 4.69) is 46.0 Å². The van der Waals surface area contributed by atoms with Crippen LogP contribution in [0.1, 0.15) is 38.7 Å². The summed E-state index contributed by atoms with van der Waals surface area (Å²) in [6, 6.07) is 16.7. The van der Waals surface area contributed by atoms with Gasteiger partial charge in [0.2, 0.25) is 0 Å². The first-order chi connectivity index (χ1) is 16.2. The van der Waals surface area contributed by atoms with Crippen LogP contribution in [0.15, 0.2) is 42.5 Å². The van der Waals surface area contributed by atoms with E-state index in [9.17, 15) is 5.26 Å². The predicted molar refractivity (Wildman–Crippen MR) is 134 cm³/mol. The van der Waals surface area contributed by atoms with Crippen LogP contribution in [0.2, 0.25) is 0 Å². The Morgan fingerprint density at radius 2 is 1.94 bits per heavy atom. The Morgan fingerprint density at radius 1 is 1.09 bits per heavy atom. The molecular formula is C27H34N4O2. The molecule has 1 N–H and O–H groups in total. The maximum Gasteiger partial charge on any atom is 0.121 e. The zero-order valence-corrected chi connectivity index (χ0v) is 19.8. The summed E-state index contributed by atoms with van der Waals surface area (Å²) in [4.78, 5) is 2.51. The minimum atomic E-state index is 0.459. The largest absolute Gasteiger partial charge is 0.493 e. The van der Waals surface area contributed by atoms with Crippen LogP contribution in [0.25, 0.3) is 22.2 Å². The summed E-state index contributed by atoms with van der Waals surface area (Å²) in [6.07, 6.45) is 3.67. The molecule has 1 aliphatic heterocycles. The molecule has 0 saturated carbocycles. The number of nitriles is 1. The second kappa shape index (κ2) is 11.2. The molecule has 6 heteroatoms. The summed E-state index contributed by atoms with van der Waals surface area (Å²) in [7, 11) is 0. The van der Waals surface area contributed by atoms with Gasteiger partial charge >= 0.3 is 0 Å². The molecule has 0 unspecified atom stereocenters. The maximum atomic E-state index is 10.0. The minimum absolute atomic E-state index is 0.459. The number of aromatic nitrogens is 1. The van der Waals surface area contributed by atoms with Gasteiger partial charge in [0.05, 0.1) is 23.4 Å². The van der Waals surface area contributed by atoms with E-state index in [-0.39, 0.29) is 0 Å². The zero-order valence-electron chi connectivity index (χ0n) is 19.8. The Kier molecular flexibility index (Phi) is 7.87. The molecule has 1 aromatic heterocycles. The molecule has 0 spiro atoms. The summed E-state index contributed by atoms with van der Waals surface area (Å²) in [6.45, 7) is 10.2. The van der Waals surface area contributed by atoms with E-state index in [1.807, 2.05) is 31.2 Å². The highest BCUT2D eigenvalue weighted by molar-refractivity contribution is 5.95. The summed E-state index contributed by atoms with van der Waals surface area (Å²) in [5, 5.41) is 14.3. The third-order valence-corrected chi connectivity index (χ3v) is 6.27. The standard InChI is InChI=1S/C27H34N4O2/c1-3-31-26-18-23(33-16-8-15-30-13-5-6-14-30)11-12-24(26)25(19-28)27(31)21-9-7-10-22(17-21)29-20-32-4-2/h7,9-12,17-18,29H,3-6,8,13-16,20H2,1-2H3. The number of benzene rings is 2. The molecule has 3 aromatic rings. The van der Waals surface area contributed by atoms with Crippen molar-refractivity contribution in [2.45, 2.75) is 39.7 Å². The molecule has 1 aliphatic rings. The second-order valence-corrected chi connectivity index (χ2v) is 8.40. The van der Waals surface area contributed by atoms with Crippen molar-refractivity contribution < 1.29 is 9.47 Å². The molecule has 0 atom stereocenters. The van der Waals surface area contributed by atoms with Crippen molar-refractivity contribution >= 4 is 16.6 Å². The first-order valence-corrected chi connectivity index (χ1v) is 12.1. The van der Waals surface area contributed by atoms with Gasteiger partial charge in [0.1, 0.15) is 18.5 Å². The number of hydrogen-bond acceptors (Lipinski definition) is 5. The molecule has 2 heterocycles. The first kappa shape index (κ1) is 23.2. The normalized spacial score (nSPS) is 14.0. The number of anilines is 1. The Balaban J connectivity index is 1.58. The molecule has 174 valence electrons. The highest BCUT2D eigenvalue weighted by atomic mass is 16.5. The summed E-state index contributed by atoms with van der Waals surface area (Å²) in [5.41, 5.74) is 4.67. The van der Waals surface area contributed by atoms with Crippen molar-refractivity contribution in [1.82, 2.24) is 9.47 Å². The lowest BCUT2D eigenvalue weighted by Crippen LogP contribution is -2.21. The van der Waals surface area contributed by atoms with E-state index in [4.69, 9.17) is 9.47 Å². The molecule has 0 aliphatic carbocycles. The van der Waals surface area contributed by atoms with Crippen LogP contribution >= 0.6 is 0 Å². The van der Waals surface area contributed by atoms with E-state index in [0.29, 0.717) is 25.5 Å². The van der Waals surface area contributed by atoms with Crippen LogP contribution in [-0.4, -0.2) is 49.0 Å². The SMILES string of the molecule is CCOCNc1cccc(-c2c(C#N)c3ccc(OCCCN4CCCC4)cc3n2CC)c1. The number of nitrogens with one attached hydrogen (secondary N) is 1. The molecule has 0 radical (unpaired) electrons. The first-order valence-electron chi connectivity index (χ1n) is 12.1. The lowest BCUT2D eigenvalue weighted by Gasteiger charge is -2.14. The molecule has 6 nitrogen and oxygen atoms in total. The number of aryl methyl sites for hydroxylation is 1. The van der Waals surface area contributed by atoms with Gasteiger partial charge in [-0.25, -0.2) is 0 Å². The van der Waals surface area contributed by atoms with Gasteiger partial charge in [0.15, 0.2) is 0 Å². The lowest BCUT2D eigenvalue weighted by atomic mass is 10.1. The number of ether oxygens (including phenoxy) is 2. The highest BCUT2D eigenvalue weighted by Crippen LogP contribution is 2.36. The van der Waals surface area contributed by atoms with Gasteiger partial charge < -0.3 is 24.3 Å². The van der Waals surface area contributed by atoms with Crippen molar-refractivity contribution in [3.05, 3.63) is 48.0 Å². The molecule has 0 amide bonds. The van der Waals surface area contributed by atoms with E-state index in [1.54, 1.807) is 0 Å². The number of nitrogens with zero attached hydrogens (tertiary/aromatic N) is 3. The Labute approximate surface area is 196 Å². The van der Waals surface area contributed by atoms with Gasteiger partial charge in [0, 0.05) is 42.4 Å². The van der Waals surface area contributed by atoms with Crippen molar-refractivity contribution in [3.8, 4) is 23.1 Å². The molecule has 1 saturated heterocycles. The van der Waals surface area contributed by atoms with Crippen molar-refractivity contribution in [1.29, 1.82) is 5.26 Å². The second-order valence-electron chi connectivity index (χ2n) is 8.40. The fourth-order valence-electron chi connectivity index (χ4n) is 4.66. The molecule has 1 fully saturated rings. The van der Waals surface area contributed by atoms with Crippen LogP contribution in [-0.2, 0) is 11.3 Å². The Morgan fingerprint density at radius 3 is 2.70 bits per heavy atom. The van der Waals surface area contributed by atoms with E-state index >= 15 is 0 Å². The molecule has 0 bridgehead atoms. The molecule has 2 aromatic carbocycles. The van der Waals surface area contributed by atoms with Crippen molar-refractivity contribution in [2.24, 2.45) is 0 Å². The third kappa shape index (κ3) is 5.32. The summed E-state index contributed by atoms with van der Waals surface area (Å²) >= 11 is 0. The fraction of sp³-hybridized carbons (Fsp3) is 0.444.